The second-order valence-corrected chi connectivity index (χ2v) is 9.46. The second-order valence-electron chi connectivity index (χ2n) is 8.12. The van der Waals surface area contributed by atoms with Crippen molar-refractivity contribution in [1.82, 2.24) is 4.90 Å². The lowest BCUT2D eigenvalue weighted by Crippen LogP contribution is -2.55. The standard InChI is InChI=1S/C19H26FN3O3S/c1-11-13-7-8-26-10-19(13,14-9-12(21)5-6-15(14)20)22-16(27-11)23(17(24)25)18(2,3)4/h5-6,9,11,13H,7-8,10,21H2,1-4H3,(H,24,25)/t11?,13-,19-/m0/s1. The molecule has 6 nitrogen and oxygen atoms in total. The van der Waals surface area contributed by atoms with E-state index in [2.05, 4.69) is 0 Å². The van der Waals surface area contributed by atoms with Gasteiger partial charge in [0.05, 0.1) is 6.61 Å². The third-order valence-corrected chi connectivity index (χ3v) is 6.36. The van der Waals surface area contributed by atoms with Gasteiger partial charge < -0.3 is 15.6 Å². The molecular formula is C19H26FN3O3S. The molecule has 1 aromatic rings. The molecule has 3 N–H and O–H groups in total. The molecule has 0 spiro atoms. The van der Waals surface area contributed by atoms with Crippen molar-refractivity contribution in [1.29, 1.82) is 0 Å². The summed E-state index contributed by atoms with van der Waals surface area (Å²) in [5, 5.41) is 10.2. The first-order valence-electron chi connectivity index (χ1n) is 8.99. The SMILES string of the molecule is CC1SC(N(C(=O)O)C(C)(C)C)=N[C@@]2(c3cc(N)ccc3F)COCC[C@@H]12. The average Bonchev–Trinajstić information content (AvgIpc) is 2.55. The van der Waals surface area contributed by atoms with Crippen molar-refractivity contribution in [2.75, 3.05) is 18.9 Å². The molecule has 0 bridgehead atoms. The maximum absolute atomic E-state index is 14.9. The quantitative estimate of drug-likeness (QED) is 0.704. The van der Waals surface area contributed by atoms with Crippen molar-refractivity contribution in [3.63, 3.8) is 0 Å². The highest BCUT2D eigenvalue weighted by molar-refractivity contribution is 8.14. The minimum Gasteiger partial charge on any atom is -0.465 e. The highest BCUT2D eigenvalue weighted by Gasteiger charge is 2.52. The minimum absolute atomic E-state index is 0.0203. The number of amidine groups is 1. The van der Waals surface area contributed by atoms with Gasteiger partial charge in [0.2, 0.25) is 0 Å². The van der Waals surface area contributed by atoms with Crippen molar-refractivity contribution in [3.05, 3.63) is 29.6 Å². The predicted octanol–water partition coefficient (Wildman–Crippen LogP) is 3.91. The zero-order valence-corrected chi connectivity index (χ0v) is 16.8. The van der Waals surface area contributed by atoms with Gasteiger partial charge >= 0.3 is 6.09 Å². The van der Waals surface area contributed by atoms with Crippen LogP contribution >= 0.6 is 11.8 Å². The van der Waals surface area contributed by atoms with Crippen LogP contribution in [0, 0.1) is 11.7 Å². The number of carbonyl (C=O) groups is 1. The van der Waals surface area contributed by atoms with E-state index >= 15 is 0 Å². The molecule has 2 heterocycles. The average molecular weight is 396 g/mol. The highest BCUT2D eigenvalue weighted by atomic mass is 32.2. The summed E-state index contributed by atoms with van der Waals surface area (Å²) in [6.45, 7) is 8.25. The van der Waals surface area contributed by atoms with Crippen LogP contribution in [-0.4, -0.2) is 45.3 Å². The number of hydrogen-bond acceptors (Lipinski definition) is 5. The molecule has 0 aromatic heterocycles. The molecule has 1 saturated heterocycles. The molecule has 1 unspecified atom stereocenters. The highest BCUT2D eigenvalue weighted by Crippen LogP contribution is 2.50. The van der Waals surface area contributed by atoms with Crippen molar-refractivity contribution in [2.24, 2.45) is 10.9 Å². The summed E-state index contributed by atoms with van der Waals surface area (Å²) in [6, 6.07) is 4.45. The third-order valence-electron chi connectivity index (χ3n) is 5.17. The van der Waals surface area contributed by atoms with Gasteiger partial charge in [-0.2, -0.15) is 0 Å². The third kappa shape index (κ3) is 3.52. The summed E-state index contributed by atoms with van der Waals surface area (Å²) in [7, 11) is 0. The molecule has 2 aliphatic heterocycles. The Balaban J connectivity index is 2.22. The van der Waals surface area contributed by atoms with E-state index in [-0.39, 0.29) is 17.8 Å². The number of benzene rings is 1. The fourth-order valence-electron chi connectivity index (χ4n) is 3.94. The predicted molar refractivity (Wildman–Crippen MR) is 106 cm³/mol. The van der Waals surface area contributed by atoms with E-state index in [0.29, 0.717) is 23.0 Å². The fourth-order valence-corrected chi connectivity index (χ4v) is 5.47. The number of thioether (sulfide) groups is 1. The topological polar surface area (TPSA) is 88.2 Å². The molecule has 0 saturated carbocycles. The number of halogens is 1. The maximum Gasteiger partial charge on any atom is 0.413 e. The van der Waals surface area contributed by atoms with E-state index in [1.165, 1.54) is 28.8 Å². The van der Waals surface area contributed by atoms with E-state index in [4.69, 9.17) is 15.5 Å². The van der Waals surface area contributed by atoms with Gasteiger partial charge in [0.15, 0.2) is 5.17 Å². The monoisotopic (exact) mass is 395 g/mol. The van der Waals surface area contributed by atoms with E-state index < -0.39 is 23.0 Å². The first kappa shape index (κ1) is 19.9. The molecule has 0 aliphatic carbocycles. The van der Waals surface area contributed by atoms with Gasteiger partial charge in [-0.3, -0.25) is 4.90 Å². The first-order valence-corrected chi connectivity index (χ1v) is 9.87. The van der Waals surface area contributed by atoms with Gasteiger partial charge in [0.1, 0.15) is 11.4 Å². The molecule has 1 aromatic carbocycles. The Morgan fingerprint density at radius 1 is 1.48 bits per heavy atom. The first-order chi connectivity index (χ1) is 12.6. The van der Waals surface area contributed by atoms with Crippen LogP contribution in [0.4, 0.5) is 14.9 Å². The Hall–Kier alpha value is -1.80. The van der Waals surface area contributed by atoms with Gasteiger partial charge in [0.25, 0.3) is 0 Å². The van der Waals surface area contributed by atoms with Gasteiger partial charge in [-0.15, -0.1) is 0 Å². The van der Waals surface area contributed by atoms with Crippen molar-refractivity contribution in [2.45, 2.75) is 50.4 Å². The van der Waals surface area contributed by atoms with Gasteiger partial charge in [-0.1, -0.05) is 18.7 Å². The molecule has 3 atom stereocenters. The maximum atomic E-state index is 14.9. The van der Waals surface area contributed by atoms with Gasteiger partial charge in [-0.05, 0) is 45.4 Å². The summed E-state index contributed by atoms with van der Waals surface area (Å²) in [4.78, 5) is 18.1. The molecule has 27 heavy (non-hydrogen) atoms. The smallest absolute Gasteiger partial charge is 0.413 e. The van der Waals surface area contributed by atoms with Crippen molar-refractivity contribution >= 4 is 28.7 Å². The van der Waals surface area contributed by atoms with Crippen LogP contribution in [0.25, 0.3) is 0 Å². The Morgan fingerprint density at radius 3 is 2.81 bits per heavy atom. The lowest BCUT2D eigenvalue weighted by atomic mass is 9.74. The van der Waals surface area contributed by atoms with E-state index in [1.807, 2.05) is 27.7 Å². The van der Waals surface area contributed by atoms with Gasteiger partial charge in [0, 0.05) is 34.6 Å². The van der Waals surface area contributed by atoms with Crippen LogP contribution in [-0.2, 0) is 10.3 Å². The molecule has 1 amide bonds. The zero-order valence-electron chi connectivity index (χ0n) is 16.0. The Labute approximate surface area is 163 Å². The molecule has 0 radical (unpaired) electrons. The summed E-state index contributed by atoms with van der Waals surface area (Å²) >= 11 is 1.42. The van der Waals surface area contributed by atoms with Crippen LogP contribution in [0.2, 0.25) is 0 Å². The van der Waals surface area contributed by atoms with E-state index in [1.54, 1.807) is 6.07 Å². The Morgan fingerprint density at radius 2 is 2.19 bits per heavy atom. The molecule has 8 heteroatoms. The van der Waals surface area contributed by atoms with Crippen LogP contribution in [0.5, 0.6) is 0 Å². The Kier molecular flexibility index (Phi) is 5.16. The lowest BCUT2D eigenvalue weighted by Gasteiger charge is -2.49. The molecular weight excluding hydrogens is 369 g/mol. The largest absolute Gasteiger partial charge is 0.465 e. The van der Waals surface area contributed by atoms with Crippen molar-refractivity contribution in [3.8, 4) is 0 Å². The fraction of sp³-hybridized carbons (Fsp3) is 0.579. The number of nitrogens with zero attached hydrogens (tertiary/aromatic N) is 2. The van der Waals surface area contributed by atoms with E-state index in [0.717, 1.165) is 6.42 Å². The molecule has 3 rings (SSSR count). The number of aliphatic imine (C=N–C) groups is 1. The number of rotatable bonds is 1. The van der Waals surface area contributed by atoms with E-state index in [9.17, 15) is 14.3 Å². The van der Waals surface area contributed by atoms with Crippen molar-refractivity contribution < 1.29 is 19.0 Å². The van der Waals surface area contributed by atoms with Crippen LogP contribution in [0.3, 0.4) is 0 Å². The summed E-state index contributed by atoms with van der Waals surface area (Å²) in [5.74, 6) is -0.383. The van der Waals surface area contributed by atoms with Crippen LogP contribution in [0.1, 0.15) is 39.7 Å². The molecule has 2 aliphatic rings. The lowest BCUT2D eigenvalue weighted by molar-refractivity contribution is -0.00508. The number of nitrogen functional groups attached to an aromatic ring is 1. The number of fused-ring (bicyclic) bond motifs is 1. The zero-order chi connectivity index (χ0) is 20.0. The molecule has 1 fully saturated rings. The summed E-state index contributed by atoms with van der Waals surface area (Å²) < 4.78 is 20.6. The minimum atomic E-state index is -1.08. The molecule has 148 valence electrons. The number of amides is 1. The number of carboxylic acid groups (broad SMARTS) is 1. The number of anilines is 1. The number of nitrogens with two attached hydrogens (primary N) is 1. The second kappa shape index (κ2) is 6.98. The normalized spacial score (nSPS) is 28.3. The van der Waals surface area contributed by atoms with Crippen LogP contribution < -0.4 is 5.73 Å². The summed E-state index contributed by atoms with van der Waals surface area (Å²) in [5.41, 5.74) is 5.07. The van der Waals surface area contributed by atoms with Gasteiger partial charge in [-0.25, -0.2) is 14.2 Å². The number of hydrogen-bond donors (Lipinski definition) is 2. The Bertz CT molecular complexity index is 780. The number of ether oxygens (including phenoxy) is 1. The summed E-state index contributed by atoms with van der Waals surface area (Å²) in [6.07, 6.45) is -0.360. The van der Waals surface area contributed by atoms with Crippen LogP contribution in [0.15, 0.2) is 23.2 Å².